The van der Waals surface area contributed by atoms with Gasteiger partial charge < -0.3 is 0 Å². The topological polar surface area (TPSA) is 114 Å². The van der Waals surface area contributed by atoms with E-state index in [-0.39, 0.29) is 16.7 Å². The number of H-pyrrole nitrogens is 1. The lowest BCUT2D eigenvalue weighted by atomic mass is 10.3. The van der Waals surface area contributed by atoms with Gasteiger partial charge >= 0.3 is 0 Å². The number of nitrogens with zero attached hydrogens (tertiary/aromatic N) is 4. The molecule has 0 aliphatic carbocycles. The summed E-state index contributed by atoms with van der Waals surface area (Å²) in [6.07, 6.45) is 4.94. The molecule has 2 N–H and O–H groups in total. The van der Waals surface area contributed by atoms with Gasteiger partial charge in [0, 0.05) is 13.0 Å². The Morgan fingerprint density at radius 1 is 1.26 bits per heavy atom. The lowest BCUT2D eigenvalue weighted by Crippen LogP contribution is -2.25. The van der Waals surface area contributed by atoms with Crippen LogP contribution in [0.2, 0.25) is 5.28 Å². The molecule has 10 heteroatoms. The number of aryl methyl sites for hydroxylation is 1. The van der Waals surface area contributed by atoms with Crippen LogP contribution in [0.4, 0.5) is 0 Å². The molecular formula is C9H11ClN6O2S. The van der Waals surface area contributed by atoms with E-state index in [9.17, 15) is 8.42 Å². The quantitative estimate of drug-likeness (QED) is 0.580. The molecule has 0 spiro atoms. The Kier molecular flexibility index (Phi) is 4.40. The Bertz CT molecular complexity index is 613. The number of halogens is 1. The van der Waals surface area contributed by atoms with E-state index in [1.165, 1.54) is 6.33 Å². The van der Waals surface area contributed by atoms with Crippen LogP contribution in [0.25, 0.3) is 0 Å². The van der Waals surface area contributed by atoms with E-state index in [4.69, 9.17) is 11.6 Å². The van der Waals surface area contributed by atoms with Gasteiger partial charge in [0.2, 0.25) is 15.3 Å². The van der Waals surface area contributed by atoms with Crippen LogP contribution in [0.5, 0.6) is 0 Å². The highest BCUT2D eigenvalue weighted by Crippen LogP contribution is 2.07. The Balaban J connectivity index is 1.86. The van der Waals surface area contributed by atoms with Crippen LogP contribution in [-0.4, -0.2) is 40.1 Å². The lowest BCUT2D eigenvalue weighted by molar-refractivity contribution is 0.577. The van der Waals surface area contributed by atoms with Crippen molar-refractivity contribution >= 4 is 21.6 Å². The SMILES string of the molecule is O=S(=O)(NCCCc1ncn[nH]1)c1cnc(Cl)nc1. The molecule has 102 valence electrons. The standard InChI is InChI=1S/C9H11ClN6O2S/c10-9-11-4-7(5-12-9)19(17,18)15-3-1-2-8-13-6-14-16-8/h4-6,15H,1-3H2,(H,13,14,16). The van der Waals surface area contributed by atoms with Crippen LogP contribution in [-0.2, 0) is 16.4 Å². The molecule has 0 atom stereocenters. The number of hydrogen-bond donors (Lipinski definition) is 2. The second kappa shape index (κ2) is 6.04. The first-order chi connectivity index (χ1) is 9.08. The molecule has 2 rings (SSSR count). The predicted octanol–water partition coefficient (Wildman–Crippen LogP) is 0.159. The molecule has 0 unspecified atom stereocenters. The molecule has 0 aliphatic heterocycles. The van der Waals surface area contributed by atoms with Crippen LogP contribution in [0.15, 0.2) is 23.6 Å². The molecule has 19 heavy (non-hydrogen) atoms. The fraction of sp³-hybridized carbons (Fsp3) is 0.333. The summed E-state index contributed by atoms with van der Waals surface area (Å²) < 4.78 is 26.1. The van der Waals surface area contributed by atoms with Crippen molar-refractivity contribution in [2.45, 2.75) is 17.7 Å². The number of aromatic amines is 1. The van der Waals surface area contributed by atoms with Crippen molar-refractivity contribution in [3.05, 3.63) is 29.8 Å². The third-order valence-corrected chi connectivity index (χ3v) is 3.87. The summed E-state index contributed by atoms with van der Waals surface area (Å²) >= 11 is 5.49. The van der Waals surface area contributed by atoms with Crippen LogP contribution in [0, 0.1) is 0 Å². The number of nitrogens with one attached hydrogen (secondary N) is 2. The van der Waals surface area contributed by atoms with Gasteiger partial charge in [0.25, 0.3) is 0 Å². The van der Waals surface area contributed by atoms with Crippen molar-refractivity contribution in [1.29, 1.82) is 0 Å². The summed E-state index contributed by atoms with van der Waals surface area (Å²) in [5.41, 5.74) is 0. The highest BCUT2D eigenvalue weighted by atomic mass is 35.5. The molecule has 8 nitrogen and oxygen atoms in total. The highest BCUT2D eigenvalue weighted by molar-refractivity contribution is 7.89. The van der Waals surface area contributed by atoms with E-state index >= 15 is 0 Å². The fourth-order valence-electron chi connectivity index (χ4n) is 1.34. The maximum absolute atomic E-state index is 11.8. The molecule has 2 heterocycles. The molecule has 0 fully saturated rings. The lowest BCUT2D eigenvalue weighted by Gasteiger charge is -2.05. The van der Waals surface area contributed by atoms with Crippen LogP contribution >= 0.6 is 11.6 Å². The first-order valence-corrected chi connectivity index (χ1v) is 7.25. The predicted molar refractivity (Wildman–Crippen MR) is 66.9 cm³/mol. The maximum Gasteiger partial charge on any atom is 0.243 e. The largest absolute Gasteiger partial charge is 0.263 e. The molecule has 0 saturated carbocycles. The van der Waals surface area contributed by atoms with Gasteiger partial charge in [0.15, 0.2) is 0 Å². The van der Waals surface area contributed by atoms with Crippen molar-refractivity contribution in [2.75, 3.05) is 6.54 Å². The van der Waals surface area contributed by atoms with Crippen molar-refractivity contribution in [1.82, 2.24) is 29.9 Å². The number of rotatable bonds is 6. The van der Waals surface area contributed by atoms with Crippen LogP contribution < -0.4 is 4.72 Å². The van der Waals surface area contributed by atoms with Gasteiger partial charge in [0.05, 0.1) is 12.4 Å². The molecule has 0 radical (unpaired) electrons. The molecule has 2 aromatic heterocycles. The van der Waals surface area contributed by atoms with E-state index in [0.717, 1.165) is 12.4 Å². The molecule has 2 aromatic rings. The van der Waals surface area contributed by atoms with Crippen molar-refractivity contribution in [3.63, 3.8) is 0 Å². The Hall–Kier alpha value is -1.58. The minimum absolute atomic E-state index is 0.00395. The summed E-state index contributed by atoms with van der Waals surface area (Å²) in [5, 5.41) is 6.41. The Labute approximate surface area is 114 Å². The molecular weight excluding hydrogens is 292 g/mol. The molecule has 0 saturated heterocycles. The third-order valence-electron chi connectivity index (χ3n) is 2.25. The van der Waals surface area contributed by atoms with Crippen molar-refractivity contribution < 1.29 is 8.42 Å². The Morgan fingerprint density at radius 3 is 2.63 bits per heavy atom. The molecule has 0 amide bonds. The number of sulfonamides is 1. The molecule has 0 aromatic carbocycles. The monoisotopic (exact) mass is 302 g/mol. The van der Waals surface area contributed by atoms with E-state index in [0.29, 0.717) is 18.7 Å². The van der Waals surface area contributed by atoms with E-state index in [1.807, 2.05) is 0 Å². The fourth-order valence-corrected chi connectivity index (χ4v) is 2.40. The van der Waals surface area contributed by atoms with E-state index in [1.54, 1.807) is 0 Å². The van der Waals surface area contributed by atoms with E-state index in [2.05, 4.69) is 29.9 Å². The minimum Gasteiger partial charge on any atom is -0.263 e. The van der Waals surface area contributed by atoms with Crippen molar-refractivity contribution in [2.24, 2.45) is 0 Å². The third kappa shape index (κ3) is 3.94. The second-order valence-corrected chi connectivity index (χ2v) is 5.73. The number of hydrogen-bond acceptors (Lipinski definition) is 6. The smallest absolute Gasteiger partial charge is 0.243 e. The van der Waals surface area contributed by atoms with Gasteiger partial charge in [0.1, 0.15) is 17.0 Å². The minimum atomic E-state index is -3.60. The van der Waals surface area contributed by atoms with Gasteiger partial charge in [-0.05, 0) is 18.0 Å². The van der Waals surface area contributed by atoms with Crippen molar-refractivity contribution in [3.8, 4) is 0 Å². The average molecular weight is 303 g/mol. The molecule has 0 aliphatic rings. The summed E-state index contributed by atoms with van der Waals surface area (Å²) in [7, 11) is -3.60. The summed E-state index contributed by atoms with van der Waals surface area (Å²) in [4.78, 5) is 11.2. The van der Waals surface area contributed by atoms with Gasteiger partial charge in [-0.25, -0.2) is 28.1 Å². The van der Waals surface area contributed by atoms with Gasteiger partial charge in [-0.2, -0.15) is 5.10 Å². The number of aromatic nitrogens is 5. The van der Waals surface area contributed by atoms with Gasteiger partial charge in [-0.15, -0.1) is 0 Å². The Morgan fingerprint density at radius 2 is 2.00 bits per heavy atom. The average Bonchev–Trinajstić information content (AvgIpc) is 2.88. The summed E-state index contributed by atoms with van der Waals surface area (Å²) in [5.74, 6) is 0.717. The van der Waals surface area contributed by atoms with E-state index < -0.39 is 10.0 Å². The zero-order chi connectivity index (χ0) is 13.7. The summed E-state index contributed by atoms with van der Waals surface area (Å²) in [6, 6.07) is 0. The zero-order valence-corrected chi connectivity index (χ0v) is 11.3. The van der Waals surface area contributed by atoms with Gasteiger partial charge in [-0.3, -0.25) is 5.10 Å². The highest BCUT2D eigenvalue weighted by Gasteiger charge is 2.14. The second-order valence-electron chi connectivity index (χ2n) is 3.62. The first kappa shape index (κ1) is 13.8. The normalized spacial score (nSPS) is 11.6. The summed E-state index contributed by atoms with van der Waals surface area (Å²) in [6.45, 7) is 0.283. The van der Waals surface area contributed by atoms with Crippen LogP contribution in [0.3, 0.4) is 0 Å². The van der Waals surface area contributed by atoms with Crippen LogP contribution in [0.1, 0.15) is 12.2 Å². The molecule has 0 bridgehead atoms. The van der Waals surface area contributed by atoms with Gasteiger partial charge in [-0.1, -0.05) is 0 Å². The maximum atomic E-state index is 11.8. The zero-order valence-electron chi connectivity index (χ0n) is 9.74. The first-order valence-electron chi connectivity index (χ1n) is 5.39.